The van der Waals surface area contributed by atoms with Gasteiger partial charge in [-0.2, -0.15) is 0 Å². The van der Waals surface area contributed by atoms with Crippen LogP contribution in [0.5, 0.6) is 0 Å². The van der Waals surface area contributed by atoms with Crippen LogP contribution in [0.4, 0.5) is 16.2 Å². The molecule has 1 atom stereocenters. The lowest BCUT2D eigenvalue weighted by Gasteiger charge is -2.27. The van der Waals surface area contributed by atoms with Gasteiger partial charge in [0.1, 0.15) is 0 Å². The molecule has 2 aliphatic rings. The molecule has 0 radical (unpaired) electrons. The van der Waals surface area contributed by atoms with E-state index in [-0.39, 0.29) is 11.4 Å². The van der Waals surface area contributed by atoms with E-state index >= 15 is 0 Å². The standard InChI is InChI=1S/C20H16N4O5/c25-20-21-18(13-4-2-6-16(11-13)24(28)29)17-8-7-14(19(17)22-20)9-12-3-1-5-15(10-12)23(26)27/h1-6,9-11,18H,7-8H2,(H2,21,22,25)/b14-9+. The summed E-state index contributed by atoms with van der Waals surface area (Å²) in [6, 6.07) is 11.6. The number of carbonyl (C=O) groups excluding carboxylic acids is 1. The van der Waals surface area contributed by atoms with Crippen LogP contribution in [0.3, 0.4) is 0 Å². The second-order valence-electron chi connectivity index (χ2n) is 6.81. The normalized spacial score (nSPS) is 19.5. The van der Waals surface area contributed by atoms with Crippen LogP contribution in [0, 0.1) is 20.2 Å². The average Bonchev–Trinajstić information content (AvgIpc) is 3.10. The molecular weight excluding hydrogens is 376 g/mol. The number of nitro benzene ring substituents is 2. The Hall–Kier alpha value is -4.01. The molecule has 2 aromatic rings. The van der Waals surface area contributed by atoms with E-state index in [0.29, 0.717) is 29.7 Å². The van der Waals surface area contributed by atoms with E-state index in [4.69, 9.17) is 0 Å². The number of hydrogen-bond donors (Lipinski definition) is 2. The van der Waals surface area contributed by atoms with Crippen molar-refractivity contribution in [2.45, 2.75) is 18.9 Å². The maximum atomic E-state index is 12.2. The zero-order valence-electron chi connectivity index (χ0n) is 15.1. The number of non-ortho nitro benzene ring substituents is 2. The number of rotatable bonds is 4. The minimum atomic E-state index is -0.468. The third kappa shape index (κ3) is 3.57. The highest BCUT2D eigenvalue weighted by Gasteiger charge is 2.33. The van der Waals surface area contributed by atoms with E-state index < -0.39 is 21.9 Å². The number of urea groups is 1. The third-order valence-corrected chi connectivity index (χ3v) is 5.00. The quantitative estimate of drug-likeness (QED) is 0.601. The van der Waals surface area contributed by atoms with Crippen LogP contribution in [0.15, 0.2) is 65.4 Å². The topological polar surface area (TPSA) is 127 Å². The Bertz CT molecular complexity index is 1110. The molecule has 0 bridgehead atoms. The van der Waals surface area contributed by atoms with Gasteiger partial charge in [-0.3, -0.25) is 20.2 Å². The Balaban J connectivity index is 1.72. The highest BCUT2D eigenvalue weighted by Crippen LogP contribution is 2.40. The first kappa shape index (κ1) is 18.4. The average molecular weight is 392 g/mol. The number of carbonyl (C=O) groups is 1. The summed E-state index contributed by atoms with van der Waals surface area (Å²) in [6.45, 7) is 0. The van der Waals surface area contributed by atoms with Gasteiger partial charge in [-0.05, 0) is 41.2 Å². The molecule has 2 aromatic carbocycles. The fourth-order valence-corrected chi connectivity index (χ4v) is 3.72. The molecule has 29 heavy (non-hydrogen) atoms. The number of allylic oxidation sites excluding steroid dienone is 1. The molecule has 4 rings (SSSR count). The van der Waals surface area contributed by atoms with Gasteiger partial charge in [-0.1, -0.05) is 24.3 Å². The highest BCUT2D eigenvalue weighted by atomic mass is 16.6. The molecule has 146 valence electrons. The molecule has 0 saturated heterocycles. The smallest absolute Gasteiger partial charge is 0.319 e. The van der Waals surface area contributed by atoms with Crippen molar-refractivity contribution in [3.8, 4) is 0 Å². The third-order valence-electron chi connectivity index (χ3n) is 5.00. The van der Waals surface area contributed by atoms with E-state index in [9.17, 15) is 25.0 Å². The molecule has 0 fully saturated rings. The number of benzene rings is 2. The lowest BCUT2D eigenvalue weighted by atomic mass is 9.95. The molecular formula is C20H16N4O5. The molecule has 9 nitrogen and oxygen atoms in total. The highest BCUT2D eigenvalue weighted by molar-refractivity contribution is 5.82. The minimum absolute atomic E-state index is 0.00429. The molecule has 1 aliphatic heterocycles. The van der Waals surface area contributed by atoms with E-state index in [1.54, 1.807) is 24.3 Å². The van der Waals surface area contributed by atoms with E-state index in [2.05, 4.69) is 10.6 Å². The second kappa shape index (κ2) is 7.19. The Labute approximate surface area is 165 Å². The Morgan fingerprint density at radius 2 is 1.66 bits per heavy atom. The Morgan fingerprint density at radius 3 is 2.38 bits per heavy atom. The van der Waals surface area contributed by atoms with Gasteiger partial charge in [0.25, 0.3) is 11.4 Å². The molecule has 1 unspecified atom stereocenters. The summed E-state index contributed by atoms with van der Waals surface area (Å²) in [4.78, 5) is 33.4. The summed E-state index contributed by atoms with van der Waals surface area (Å²) in [5.41, 5.74) is 3.74. The predicted octanol–water partition coefficient (Wildman–Crippen LogP) is 3.99. The van der Waals surface area contributed by atoms with E-state index in [0.717, 1.165) is 11.1 Å². The van der Waals surface area contributed by atoms with Crippen molar-refractivity contribution < 1.29 is 14.6 Å². The van der Waals surface area contributed by atoms with Gasteiger partial charge >= 0.3 is 6.03 Å². The largest absolute Gasteiger partial charge is 0.327 e. The van der Waals surface area contributed by atoms with Crippen molar-refractivity contribution in [2.24, 2.45) is 0 Å². The van der Waals surface area contributed by atoms with Crippen LogP contribution in [0.25, 0.3) is 6.08 Å². The second-order valence-corrected chi connectivity index (χ2v) is 6.81. The van der Waals surface area contributed by atoms with Crippen LogP contribution < -0.4 is 10.6 Å². The molecule has 2 amide bonds. The minimum Gasteiger partial charge on any atom is -0.327 e. The summed E-state index contributed by atoms with van der Waals surface area (Å²) >= 11 is 0. The molecule has 0 saturated carbocycles. The monoisotopic (exact) mass is 392 g/mol. The van der Waals surface area contributed by atoms with Gasteiger partial charge in [0, 0.05) is 30.0 Å². The first-order valence-electron chi connectivity index (χ1n) is 8.92. The molecule has 2 N–H and O–H groups in total. The predicted molar refractivity (Wildman–Crippen MR) is 105 cm³/mol. The molecule has 0 spiro atoms. The molecule has 9 heteroatoms. The maximum Gasteiger partial charge on any atom is 0.319 e. The zero-order valence-corrected chi connectivity index (χ0v) is 15.1. The van der Waals surface area contributed by atoms with Crippen molar-refractivity contribution in [1.82, 2.24) is 10.6 Å². The summed E-state index contributed by atoms with van der Waals surface area (Å²) in [6.07, 6.45) is 3.14. The van der Waals surface area contributed by atoms with E-state index in [1.807, 2.05) is 6.08 Å². The fourth-order valence-electron chi connectivity index (χ4n) is 3.72. The molecule has 1 heterocycles. The van der Waals surface area contributed by atoms with Crippen molar-refractivity contribution >= 4 is 23.5 Å². The van der Waals surface area contributed by atoms with Gasteiger partial charge in [0.15, 0.2) is 0 Å². The maximum absolute atomic E-state index is 12.2. The number of nitro groups is 2. The Morgan fingerprint density at radius 1 is 0.966 bits per heavy atom. The van der Waals surface area contributed by atoms with Crippen molar-refractivity contribution in [3.05, 3.63) is 96.7 Å². The van der Waals surface area contributed by atoms with Crippen LogP contribution in [-0.4, -0.2) is 15.9 Å². The van der Waals surface area contributed by atoms with Crippen molar-refractivity contribution in [3.63, 3.8) is 0 Å². The van der Waals surface area contributed by atoms with Gasteiger partial charge in [0.2, 0.25) is 0 Å². The van der Waals surface area contributed by atoms with Crippen molar-refractivity contribution in [1.29, 1.82) is 0 Å². The fraction of sp³-hybridized carbons (Fsp3) is 0.150. The van der Waals surface area contributed by atoms with Crippen LogP contribution in [-0.2, 0) is 0 Å². The Kier molecular flexibility index (Phi) is 4.55. The lowest BCUT2D eigenvalue weighted by Crippen LogP contribution is -2.43. The number of nitrogens with one attached hydrogen (secondary N) is 2. The molecule has 0 aromatic heterocycles. The SMILES string of the molecule is O=C1NC2=C(CC/C2=C\c2cccc([N+](=O)[O-])c2)C(c2cccc([N+](=O)[O-])c2)N1. The lowest BCUT2D eigenvalue weighted by molar-refractivity contribution is -0.385. The first-order chi connectivity index (χ1) is 13.9. The first-order valence-corrected chi connectivity index (χ1v) is 8.92. The number of nitrogens with zero attached hydrogens (tertiary/aromatic N) is 2. The van der Waals surface area contributed by atoms with Crippen molar-refractivity contribution in [2.75, 3.05) is 0 Å². The van der Waals surface area contributed by atoms with E-state index in [1.165, 1.54) is 24.3 Å². The van der Waals surface area contributed by atoms with Crippen LogP contribution in [0.2, 0.25) is 0 Å². The van der Waals surface area contributed by atoms with Crippen LogP contribution >= 0.6 is 0 Å². The van der Waals surface area contributed by atoms with Gasteiger partial charge in [-0.25, -0.2) is 4.79 Å². The van der Waals surface area contributed by atoms with Gasteiger partial charge < -0.3 is 10.6 Å². The summed E-state index contributed by atoms with van der Waals surface area (Å²) in [5.74, 6) is 0. The number of hydrogen-bond acceptors (Lipinski definition) is 5. The van der Waals surface area contributed by atoms with Gasteiger partial charge in [0.05, 0.1) is 15.9 Å². The summed E-state index contributed by atoms with van der Waals surface area (Å²) < 4.78 is 0. The zero-order chi connectivity index (χ0) is 20.5. The number of amides is 2. The van der Waals surface area contributed by atoms with Crippen LogP contribution in [0.1, 0.15) is 30.0 Å². The molecule has 1 aliphatic carbocycles. The summed E-state index contributed by atoms with van der Waals surface area (Å²) in [7, 11) is 0. The van der Waals surface area contributed by atoms with Gasteiger partial charge in [-0.15, -0.1) is 0 Å². The summed E-state index contributed by atoms with van der Waals surface area (Å²) in [5, 5.41) is 27.7.